The van der Waals surface area contributed by atoms with E-state index < -0.39 is 11.1 Å². The Balaban J connectivity index is 1.71. The fraction of sp³-hybridized carbons (Fsp3) is 0.500. The number of hydrogen-bond acceptors (Lipinski definition) is 4. The van der Waals surface area contributed by atoms with Crippen molar-refractivity contribution < 1.29 is 4.79 Å². The Hall–Kier alpha value is -2.41. The van der Waals surface area contributed by atoms with Gasteiger partial charge in [0.15, 0.2) is 0 Å². The smallest absolute Gasteiger partial charge is 0.317 e. The van der Waals surface area contributed by atoms with E-state index in [1.54, 1.807) is 31.3 Å². The molecule has 1 saturated heterocycles. The number of likely N-dealkylation sites (tertiary alicyclic amines) is 1. The van der Waals surface area contributed by atoms with Crippen LogP contribution in [0.5, 0.6) is 0 Å². The average Bonchev–Trinajstić information content (AvgIpc) is 2.64. The van der Waals surface area contributed by atoms with Gasteiger partial charge in [-0.25, -0.2) is 0 Å². The number of carbonyl (C=O) groups excluding carboxylic acids is 1. The second-order valence-corrected chi connectivity index (χ2v) is 6.50. The van der Waals surface area contributed by atoms with Crippen LogP contribution < -0.4 is 16.4 Å². The molecule has 1 fully saturated rings. The summed E-state index contributed by atoms with van der Waals surface area (Å²) >= 11 is 0. The molecule has 1 aliphatic heterocycles. The van der Waals surface area contributed by atoms with E-state index in [9.17, 15) is 14.4 Å². The van der Waals surface area contributed by atoms with Crippen molar-refractivity contribution in [1.29, 1.82) is 0 Å². The quantitative estimate of drug-likeness (QED) is 0.792. The SMILES string of the molecule is Cn1c(=O)c(=O)n(CC(=O)NCCN2CCCCC2)c2ccccc21. The van der Waals surface area contributed by atoms with Gasteiger partial charge in [-0.1, -0.05) is 18.6 Å². The number of aryl methyl sites for hydroxylation is 1. The summed E-state index contributed by atoms with van der Waals surface area (Å²) in [7, 11) is 1.56. The van der Waals surface area contributed by atoms with Crippen molar-refractivity contribution in [2.24, 2.45) is 7.05 Å². The highest BCUT2D eigenvalue weighted by atomic mass is 16.2. The van der Waals surface area contributed by atoms with E-state index >= 15 is 0 Å². The van der Waals surface area contributed by atoms with Gasteiger partial charge in [0.2, 0.25) is 5.91 Å². The summed E-state index contributed by atoms with van der Waals surface area (Å²) in [5.74, 6) is -0.252. The maximum Gasteiger partial charge on any atom is 0.317 e. The van der Waals surface area contributed by atoms with E-state index in [1.165, 1.54) is 28.4 Å². The molecule has 3 rings (SSSR count). The lowest BCUT2D eigenvalue weighted by Gasteiger charge is -2.26. The molecule has 0 spiro atoms. The summed E-state index contributed by atoms with van der Waals surface area (Å²) in [5.41, 5.74) is -0.0822. The molecule has 0 aliphatic carbocycles. The predicted octanol–water partition coefficient (Wildman–Crippen LogP) is 0.302. The molecule has 2 aromatic rings. The minimum atomic E-state index is -0.674. The summed E-state index contributed by atoms with van der Waals surface area (Å²) in [6.07, 6.45) is 3.70. The second-order valence-electron chi connectivity index (χ2n) is 6.50. The molecular weight excluding hydrogens is 320 g/mol. The van der Waals surface area contributed by atoms with Gasteiger partial charge in [-0.2, -0.15) is 0 Å². The maximum atomic E-state index is 12.3. The first-order valence-electron chi connectivity index (χ1n) is 8.75. The minimum Gasteiger partial charge on any atom is -0.353 e. The summed E-state index contributed by atoms with van der Waals surface area (Å²) < 4.78 is 2.58. The lowest BCUT2D eigenvalue weighted by Crippen LogP contribution is -2.44. The molecule has 2 heterocycles. The summed E-state index contributed by atoms with van der Waals surface area (Å²) in [4.78, 5) is 39.0. The van der Waals surface area contributed by atoms with Gasteiger partial charge in [-0.3, -0.25) is 19.0 Å². The van der Waals surface area contributed by atoms with Crippen molar-refractivity contribution in [3.05, 3.63) is 45.0 Å². The molecule has 1 aliphatic rings. The van der Waals surface area contributed by atoms with E-state index in [4.69, 9.17) is 0 Å². The van der Waals surface area contributed by atoms with Gasteiger partial charge in [-0.15, -0.1) is 0 Å². The van der Waals surface area contributed by atoms with Gasteiger partial charge in [0.1, 0.15) is 6.54 Å². The highest BCUT2D eigenvalue weighted by Crippen LogP contribution is 2.09. The normalized spacial score (nSPS) is 15.4. The van der Waals surface area contributed by atoms with Crippen LogP contribution in [0.25, 0.3) is 11.0 Å². The van der Waals surface area contributed by atoms with Crippen LogP contribution in [-0.2, 0) is 18.4 Å². The number of rotatable bonds is 5. The zero-order valence-corrected chi connectivity index (χ0v) is 14.5. The summed E-state index contributed by atoms with van der Waals surface area (Å²) in [5, 5.41) is 2.86. The lowest BCUT2D eigenvalue weighted by atomic mass is 10.1. The summed E-state index contributed by atoms with van der Waals surface area (Å²) in [6, 6.07) is 7.10. The molecule has 1 aromatic carbocycles. The number of amides is 1. The molecule has 0 radical (unpaired) electrons. The zero-order chi connectivity index (χ0) is 17.8. The highest BCUT2D eigenvalue weighted by Gasteiger charge is 2.14. The molecular formula is C18H24N4O3. The van der Waals surface area contributed by atoms with E-state index in [0.29, 0.717) is 17.6 Å². The van der Waals surface area contributed by atoms with Gasteiger partial charge in [0, 0.05) is 20.1 Å². The summed E-state index contributed by atoms with van der Waals surface area (Å²) in [6.45, 7) is 3.38. The first kappa shape index (κ1) is 17.4. The van der Waals surface area contributed by atoms with Gasteiger partial charge in [0.05, 0.1) is 11.0 Å². The molecule has 134 valence electrons. The molecule has 0 unspecified atom stereocenters. The molecule has 7 nitrogen and oxygen atoms in total. The fourth-order valence-electron chi connectivity index (χ4n) is 3.35. The molecule has 7 heteroatoms. The van der Waals surface area contributed by atoms with Crippen LogP contribution in [0.2, 0.25) is 0 Å². The van der Waals surface area contributed by atoms with Gasteiger partial charge >= 0.3 is 11.1 Å². The van der Waals surface area contributed by atoms with Crippen molar-refractivity contribution in [2.45, 2.75) is 25.8 Å². The van der Waals surface area contributed by atoms with Crippen LogP contribution >= 0.6 is 0 Å². The lowest BCUT2D eigenvalue weighted by molar-refractivity contribution is -0.121. The molecule has 0 bridgehead atoms. The first-order chi connectivity index (χ1) is 12.1. The predicted molar refractivity (Wildman–Crippen MR) is 96.7 cm³/mol. The molecule has 25 heavy (non-hydrogen) atoms. The maximum absolute atomic E-state index is 12.3. The van der Waals surface area contributed by atoms with Crippen LogP contribution in [0.1, 0.15) is 19.3 Å². The van der Waals surface area contributed by atoms with Gasteiger partial charge in [0.25, 0.3) is 0 Å². The Morgan fingerprint density at radius 2 is 1.72 bits per heavy atom. The van der Waals surface area contributed by atoms with Crippen molar-refractivity contribution in [1.82, 2.24) is 19.4 Å². The zero-order valence-electron chi connectivity index (χ0n) is 14.5. The largest absolute Gasteiger partial charge is 0.353 e. The molecule has 0 atom stereocenters. The third-order valence-corrected chi connectivity index (χ3v) is 4.77. The van der Waals surface area contributed by atoms with Crippen molar-refractivity contribution in [3.8, 4) is 0 Å². The first-order valence-corrected chi connectivity index (χ1v) is 8.75. The average molecular weight is 344 g/mol. The van der Waals surface area contributed by atoms with Crippen molar-refractivity contribution >= 4 is 16.9 Å². The Labute approximate surface area is 145 Å². The van der Waals surface area contributed by atoms with Crippen LogP contribution in [0.15, 0.2) is 33.9 Å². The number of para-hydroxylation sites is 2. The minimum absolute atomic E-state index is 0.143. The fourth-order valence-corrected chi connectivity index (χ4v) is 3.35. The Morgan fingerprint density at radius 1 is 1.04 bits per heavy atom. The van der Waals surface area contributed by atoms with Gasteiger partial charge in [-0.05, 0) is 38.1 Å². The Bertz CT molecular complexity index is 878. The number of carbonyl (C=O) groups is 1. The molecule has 1 amide bonds. The number of benzene rings is 1. The van der Waals surface area contributed by atoms with Crippen LogP contribution in [-0.4, -0.2) is 46.1 Å². The number of piperidine rings is 1. The number of nitrogens with zero attached hydrogens (tertiary/aromatic N) is 3. The number of fused-ring (bicyclic) bond motifs is 1. The highest BCUT2D eigenvalue weighted by molar-refractivity contribution is 5.80. The topological polar surface area (TPSA) is 76.3 Å². The molecule has 0 saturated carbocycles. The molecule has 1 N–H and O–H groups in total. The Morgan fingerprint density at radius 3 is 2.44 bits per heavy atom. The number of nitrogens with one attached hydrogen (secondary N) is 1. The van der Waals surface area contributed by atoms with E-state index in [1.807, 2.05) is 0 Å². The standard InChI is InChI=1S/C18H24N4O3/c1-20-14-7-3-4-8-15(14)22(18(25)17(20)24)13-16(23)19-9-12-21-10-5-2-6-11-21/h3-4,7-8H,2,5-6,9-13H2,1H3,(H,19,23). The van der Waals surface area contributed by atoms with Crippen LogP contribution in [0.3, 0.4) is 0 Å². The third kappa shape index (κ3) is 3.82. The van der Waals surface area contributed by atoms with Gasteiger partial charge < -0.3 is 14.8 Å². The number of hydrogen-bond donors (Lipinski definition) is 1. The van der Waals surface area contributed by atoms with Crippen LogP contribution in [0, 0.1) is 0 Å². The monoisotopic (exact) mass is 344 g/mol. The Kier molecular flexibility index (Phi) is 5.33. The molecule has 1 aromatic heterocycles. The van der Waals surface area contributed by atoms with E-state index in [0.717, 1.165) is 19.6 Å². The van der Waals surface area contributed by atoms with Crippen LogP contribution in [0.4, 0.5) is 0 Å². The second kappa shape index (κ2) is 7.65. The van der Waals surface area contributed by atoms with Crippen molar-refractivity contribution in [2.75, 3.05) is 26.2 Å². The third-order valence-electron chi connectivity index (χ3n) is 4.77. The number of aromatic nitrogens is 2. The van der Waals surface area contributed by atoms with E-state index in [-0.39, 0.29) is 12.5 Å². The van der Waals surface area contributed by atoms with Crippen molar-refractivity contribution in [3.63, 3.8) is 0 Å². The van der Waals surface area contributed by atoms with E-state index in [2.05, 4.69) is 10.2 Å².